The summed E-state index contributed by atoms with van der Waals surface area (Å²) in [7, 11) is 1.75. The lowest BCUT2D eigenvalue weighted by Crippen LogP contribution is -2.17. The lowest BCUT2D eigenvalue weighted by Gasteiger charge is -2.20. The van der Waals surface area contributed by atoms with E-state index in [4.69, 9.17) is 5.73 Å². The van der Waals surface area contributed by atoms with Crippen LogP contribution in [0.4, 0.5) is 21.5 Å². The highest BCUT2D eigenvalue weighted by Gasteiger charge is 2.13. The van der Waals surface area contributed by atoms with Crippen LogP contribution in [0.25, 0.3) is 0 Å². The maximum atomic E-state index is 13.6. The van der Waals surface area contributed by atoms with E-state index in [1.807, 2.05) is 0 Å². The monoisotopic (exact) mass is 275 g/mol. The first-order chi connectivity index (χ1) is 9.49. The second kappa shape index (κ2) is 5.56. The molecule has 6 heteroatoms. The fraction of sp³-hybridized carbons (Fsp3) is 0.143. The molecule has 0 atom stereocenters. The summed E-state index contributed by atoms with van der Waals surface area (Å²) in [6.07, 6.45) is 0. The molecule has 0 saturated carbocycles. The van der Waals surface area contributed by atoms with Crippen molar-refractivity contribution in [1.29, 1.82) is 0 Å². The number of nitrogens with two attached hydrogens (primary N) is 1. The Kier molecular flexibility index (Phi) is 3.84. The molecule has 0 heterocycles. The quantitative estimate of drug-likeness (QED) is 0.529. The zero-order chi connectivity index (χ0) is 14.7. The number of halogens is 1. The van der Waals surface area contributed by atoms with Crippen LogP contribution in [0.2, 0.25) is 0 Å². The predicted molar refractivity (Wildman–Crippen MR) is 76.0 cm³/mol. The van der Waals surface area contributed by atoms with Gasteiger partial charge in [0.1, 0.15) is 11.5 Å². The van der Waals surface area contributed by atoms with E-state index in [2.05, 4.69) is 0 Å². The molecule has 0 unspecified atom stereocenters. The minimum Gasteiger partial charge on any atom is -0.393 e. The Balaban J connectivity index is 2.20. The molecule has 0 aliphatic carbocycles. The topological polar surface area (TPSA) is 72.4 Å². The van der Waals surface area contributed by atoms with Crippen LogP contribution in [0.15, 0.2) is 42.5 Å². The molecule has 0 aliphatic heterocycles. The second-order valence-electron chi connectivity index (χ2n) is 4.46. The molecule has 0 radical (unpaired) electrons. The Morgan fingerprint density at radius 1 is 1.30 bits per heavy atom. The summed E-state index contributed by atoms with van der Waals surface area (Å²) < 4.78 is 13.6. The van der Waals surface area contributed by atoms with Crippen molar-refractivity contribution in [2.45, 2.75) is 6.54 Å². The van der Waals surface area contributed by atoms with Gasteiger partial charge < -0.3 is 10.6 Å². The van der Waals surface area contributed by atoms with Gasteiger partial charge in [-0.1, -0.05) is 18.2 Å². The first-order valence-electron chi connectivity index (χ1n) is 5.97. The predicted octanol–water partition coefficient (Wildman–Crippen LogP) is 2.95. The highest BCUT2D eigenvalue weighted by atomic mass is 19.1. The number of hydrogen-bond donors (Lipinski definition) is 1. The molecule has 2 rings (SSSR count). The van der Waals surface area contributed by atoms with Crippen molar-refractivity contribution < 1.29 is 9.31 Å². The van der Waals surface area contributed by atoms with Gasteiger partial charge in [0, 0.05) is 19.7 Å². The third-order valence-corrected chi connectivity index (χ3v) is 2.97. The van der Waals surface area contributed by atoms with E-state index in [-0.39, 0.29) is 17.2 Å². The number of rotatable bonds is 4. The zero-order valence-electron chi connectivity index (χ0n) is 10.9. The summed E-state index contributed by atoms with van der Waals surface area (Å²) in [5.41, 5.74) is 6.85. The molecule has 2 aromatic rings. The van der Waals surface area contributed by atoms with Crippen LogP contribution in [0.3, 0.4) is 0 Å². The molecule has 2 aromatic carbocycles. The first kappa shape index (κ1) is 13.8. The van der Waals surface area contributed by atoms with Crippen molar-refractivity contribution in [2.24, 2.45) is 0 Å². The van der Waals surface area contributed by atoms with Gasteiger partial charge in [0.15, 0.2) is 0 Å². The molecule has 0 bridgehead atoms. The van der Waals surface area contributed by atoms with Crippen LogP contribution in [0, 0.1) is 15.9 Å². The number of benzene rings is 2. The number of hydrogen-bond acceptors (Lipinski definition) is 4. The first-order valence-corrected chi connectivity index (χ1v) is 5.97. The van der Waals surface area contributed by atoms with Gasteiger partial charge in [0.25, 0.3) is 5.69 Å². The number of nitrogen functional groups attached to an aromatic ring is 1. The molecule has 0 saturated heterocycles. The van der Waals surface area contributed by atoms with Crippen LogP contribution < -0.4 is 10.6 Å². The van der Waals surface area contributed by atoms with E-state index < -0.39 is 4.92 Å². The lowest BCUT2D eigenvalue weighted by molar-refractivity contribution is -0.383. The Labute approximate surface area is 115 Å². The molecular weight excluding hydrogens is 261 g/mol. The van der Waals surface area contributed by atoms with E-state index in [0.29, 0.717) is 12.2 Å². The van der Waals surface area contributed by atoms with E-state index in [1.54, 1.807) is 36.2 Å². The van der Waals surface area contributed by atoms with Gasteiger partial charge in [-0.05, 0) is 23.8 Å². The smallest absolute Gasteiger partial charge is 0.292 e. The average molecular weight is 275 g/mol. The van der Waals surface area contributed by atoms with Gasteiger partial charge >= 0.3 is 0 Å². The van der Waals surface area contributed by atoms with Gasteiger partial charge in [0.2, 0.25) is 0 Å². The third-order valence-electron chi connectivity index (χ3n) is 2.97. The summed E-state index contributed by atoms with van der Waals surface area (Å²) in [4.78, 5) is 11.9. The van der Waals surface area contributed by atoms with Crippen molar-refractivity contribution in [2.75, 3.05) is 17.7 Å². The number of nitro benzene ring substituents is 1. The summed E-state index contributed by atoms with van der Waals surface area (Å²) in [5.74, 6) is -0.315. The van der Waals surface area contributed by atoms with Crippen LogP contribution in [0.5, 0.6) is 0 Å². The normalized spacial score (nSPS) is 10.3. The molecule has 104 valence electrons. The molecule has 0 spiro atoms. The standard InChI is InChI=1S/C14H14FN3O2/c1-17(13-5-3-2-4-11(13)15)9-10-6-7-14(18(19)20)12(16)8-10/h2-8H,9,16H2,1H3. The molecule has 5 nitrogen and oxygen atoms in total. The zero-order valence-corrected chi connectivity index (χ0v) is 10.9. The number of para-hydroxylation sites is 1. The third kappa shape index (κ3) is 2.85. The van der Waals surface area contributed by atoms with Gasteiger partial charge in [-0.3, -0.25) is 10.1 Å². The molecule has 0 amide bonds. The fourth-order valence-electron chi connectivity index (χ4n) is 1.99. The fourth-order valence-corrected chi connectivity index (χ4v) is 1.99. The Morgan fingerprint density at radius 3 is 2.60 bits per heavy atom. The van der Waals surface area contributed by atoms with Crippen molar-refractivity contribution in [1.82, 2.24) is 0 Å². The number of nitro groups is 1. The summed E-state index contributed by atoms with van der Waals surface area (Å²) in [6.45, 7) is 0.406. The van der Waals surface area contributed by atoms with E-state index >= 15 is 0 Å². The Bertz CT molecular complexity index is 646. The molecule has 20 heavy (non-hydrogen) atoms. The van der Waals surface area contributed by atoms with Crippen molar-refractivity contribution >= 4 is 17.1 Å². The second-order valence-corrected chi connectivity index (χ2v) is 4.46. The summed E-state index contributed by atoms with van der Waals surface area (Å²) in [5, 5.41) is 10.7. The highest BCUT2D eigenvalue weighted by Crippen LogP contribution is 2.24. The largest absolute Gasteiger partial charge is 0.393 e. The SMILES string of the molecule is CN(Cc1ccc([N+](=O)[O-])c(N)c1)c1ccccc1F. The lowest BCUT2D eigenvalue weighted by atomic mass is 10.1. The number of anilines is 2. The Morgan fingerprint density at radius 2 is 2.00 bits per heavy atom. The van der Waals surface area contributed by atoms with Gasteiger partial charge in [-0.25, -0.2) is 4.39 Å². The van der Waals surface area contributed by atoms with Crippen LogP contribution >= 0.6 is 0 Å². The van der Waals surface area contributed by atoms with E-state index in [0.717, 1.165) is 5.56 Å². The van der Waals surface area contributed by atoms with Crippen LogP contribution in [-0.4, -0.2) is 12.0 Å². The highest BCUT2D eigenvalue weighted by molar-refractivity contribution is 5.60. The summed E-state index contributed by atoms with van der Waals surface area (Å²) in [6, 6.07) is 10.9. The average Bonchev–Trinajstić information content (AvgIpc) is 2.38. The van der Waals surface area contributed by atoms with Gasteiger partial charge in [-0.15, -0.1) is 0 Å². The number of nitrogens with zero attached hydrogens (tertiary/aromatic N) is 2. The molecule has 0 aliphatic rings. The van der Waals surface area contributed by atoms with Crippen molar-refractivity contribution in [3.63, 3.8) is 0 Å². The molecule has 2 N–H and O–H groups in total. The van der Waals surface area contributed by atoms with Crippen LogP contribution in [0.1, 0.15) is 5.56 Å². The summed E-state index contributed by atoms with van der Waals surface area (Å²) >= 11 is 0. The minimum absolute atomic E-state index is 0.106. The maximum Gasteiger partial charge on any atom is 0.292 e. The van der Waals surface area contributed by atoms with E-state index in [1.165, 1.54) is 18.2 Å². The maximum absolute atomic E-state index is 13.6. The molecule has 0 aromatic heterocycles. The molecular formula is C14H14FN3O2. The van der Waals surface area contributed by atoms with Gasteiger partial charge in [0.05, 0.1) is 10.6 Å². The minimum atomic E-state index is -0.528. The van der Waals surface area contributed by atoms with Crippen molar-refractivity contribution in [3.05, 3.63) is 64.0 Å². The van der Waals surface area contributed by atoms with Crippen LogP contribution in [-0.2, 0) is 6.54 Å². The van der Waals surface area contributed by atoms with E-state index in [9.17, 15) is 14.5 Å². The Hall–Kier alpha value is -2.63. The van der Waals surface area contributed by atoms with Gasteiger partial charge in [-0.2, -0.15) is 0 Å². The van der Waals surface area contributed by atoms with Crippen molar-refractivity contribution in [3.8, 4) is 0 Å². The molecule has 0 fully saturated rings.